The van der Waals surface area contributed by atoms with Crippen molar-refractivity contribution in [3.8, 4) is 0 Å². The van der Waals surface area contributed by atoms with Gasteiger partial charge in [-0.3, -0.25) is 4.79 Å². The zero-order chi connectivity index (χ0) is 17.1. The van der Waals surface area contributed by atoms with E-state index in [-0.39, 0.29) is 5.56 Å². The van der Waals surface area contributed by atoms with Crippen LogP contribution in [-0.2, 0) is 7.05 Å². The molecule has 0 bridgehead atoms. The van der Waals surface area contributed by atoms with E-state index >= 15 is 0 Å². The molecular weight excluding hydrogens is 373 g/mol. The molecule has 122 valence electrons. The number of carbonyl (C=O) groups excluding carboxylic acids is 1. The molecule has 0 aliphatic heterocycles. The summed E-state index contributed by atoms with van der Waals surface area (Å²) in [6, 6.07) is 13.4. The van der Waals surface area contributed by atoms with Gasteiger partial charge < -0.3 is 9.88 Å². The van der Waals surface area contributed by atoms with Crippen LogP contribution < -0.4 is 5.32 Å². The van der Waals surface area contributed by atoms with Crippen LogP contribution in [0.2, 0.25) is 0 Å². The number of nitrogens with one attached hydrogen (secondary N) is 1. The molecule has 2 aromatic carbocycles. The number of carbonyl (C=O) groups is 1. The van der Waals surface area contributed by atoms with Gasteiger partial charge >= 0.3 is 0 Å². The van der Waals surface area contributed by atoms with Crippen LogP contribution >= 0.6 is 15.9 Å². The number of hydrogen-bond donors (Lipinski definition) is 1. The van der Waals surface area contributed by atoms with Crippen LogP contribution in [0.1, 0.15) is 27.8 Å². The molecule has 0 unspecified atom stereocenters. The molecule has 0 fully saturated rings. The molecule has 1 amide bonds. The standard InChI is InChI=1S/C18H15BrFN3O/c1-23-10-9-21-17(23)16(12-5-3-2-4-6-12)22-18(24)14-8-7-13(19)11-15(14)20/h2-11,16H,1H3,(H,22,24)/t16-/m1/s1. The molecule has 0 aliphatic rings. The van der Waals surface area contributed by atoms with E-state index in [1.165, 1.54) is 12.1 Å². The van der Waals surface area contributed by atoms with Crippen LogP contribution in [0.15, 0.2) is 65.4 Å². The number of hydrogen-bond acceptors (Lipinski definition) is 2. The molecule has 3 rings (SSSR count). The van der Waals surface area contributed by atoms with Gasteiger partial charge in [0.15, 0.2) is 0 Å². The van der Waals surface area contributed by atoms with Crippen molar-refractivity contribution in [2.75, 3.05) is 0 Å². The van der Waals surface area contributed by atoms with Gasteiger partial charge in [0.1, 0.15) is 17.7 Å². The summed E-state index contributed by atoms with van der Waals surface area (Å²) < 4.78 is 16.5. The first-order valence-corrected chi connectivity index (χ1v) is 8.13. The predicted octanol–water partition coefficient (Wildman–Crippen LogP) is 3.84. The number of nitrogens with zero attached hydrogens (tertiary/aromatic N) is 2. The number of rotatable bonds is 4. The highest BCUT2D eigenvalue weighted by Gasteiger charge is 2.22. The Hall–Kier alpha value is -2.47. The number of imidazole rings is 1. The van der Waals surface area contributed by atoms with Gasteiger partial charge in [0, 0.05) is 23.9 Å². The van der Waals surface area contributed by atoms with Crippen molar-refractivity contribution in [1.29, 1.82) is 0 Å². The summed E-state index contributed by atoms with van der Waals surface area (Å²) in [7, 11) is 1.85. The Morgan fingerprint density at radius 2 is 2.00 bits per heavy atom. The first-order chi connectivity index (χ1) is 11.6. The third-order valence-electron chi connectivity index (χ3n) is 3.70. The van der Waals surface area contributed by atoms with Gasteiger partial charge in [0.2, 0.25) is 0 Å². The van der Waals surface area contributed by atoms with E-state index in [0.717, 1.165) is 5.56 Å². The fourth-order valence-electron chi connectivity index (χ4n) is 2.48. The molecule has 3 aromatic rings. The molecule has 0 saturated heterocycles. The van der Waals surface area contributed by atoms with Crippen LogP contribution in [0, 0.1) is 5.82 Å². The van der Waals surface area contributed by atoms with Crippen molar-refractivity contribution >= 4 is 21.8 Å². The van der Waals surface area contributed by atoms with Gasteiger partial charge in [-0.05, 0) is 23.8 Å². The lowest BCUT2D eigenvalue weighted by Crippen LogP contribution is -2.31. The molecule has 4 nitrogen and oxygen atoms in total. The van der Waals surface area contributed by atoms with Crippen LogP contribution in [0.5, 0.6) is 0 Å². The maximum Gasteiger partial charge on any atom is 0.255 e. The van der Waals surface area contributed by atoms with Crippen molar-refractivity contribution < 1.29 is 9.18 Å². The molecule has 1 heterocycles. The van der Waals surface area contributed by atoms with E-state index in [1.807, 2.05) is 41.9 Å². The van der Waals surface area contributed by atoms with Crippen molar-refractivity contribution in [3.05, 3.63) is 88.2 Å². The fourth-order valence-corrected chi connectivity index (χ4v) is 2.81. The van der Waals surface area contributed by atoms with E-state index < -0.39 is 17.8 Å². The summed E-state index contributed by atoms with van der Waals surface area (Å²) in [5.74, 6) is -0.391. The summed E-state index contributed by atoms with van der Waals surface area (Å²) >= 11 is 3.19. The number of amides is 1. The highest BCUT2D eigenvalue weighted by Crippen LogP contribution is 2.22. The third kappa shape index (κ3) is 3.38. The van der Waals surface area contributed by atoms with Crippen molar-refractivity contribution in [1.82, 2.24) is 14.9 Å². The maximum atomic E-state index is 14.1. The average molecular weight is 388 g/mol. The molecular formula is C18H15BrFN3O. The highest BCUT2D eigenvalue weighted by molar-refractivity contribution is 9.10. The molecule has 0 saturated carbocycles. The SMILES string of the molecule is Cn1ccnc1[C@H](NC(=O)c1ccc(Br)cc1F)c1ccccc1. The molecule has 24 heavy (non-hydrogen) atoms. The number of aromatic nitrogens is 2. The lowest BCUT2D eigenvalue weighted by molar-refractivity contribution is 0.0937. The Kier molecular flexibility index (Phi) is 4.76. The van der Waals surface area contributed by atoms with E-state index in [2.05, 4.69) is 26.2 Å². The summed E-state index contributed by atoms with van der Waals surface area (Å²) in [6.07, 6.45) is 3.47. The monoisotopic (exact) mass is 387 g/mol. The minimum Gasteiger partial charge on any atom is -0.338 e. The van der Waals surface area contributed by atoms with Crippen LogP contribution in [0.4, 0.5) is 4.39 Å². The second kappa shape index (κ2) is 6.97. The summed E-state index contributed by atoms with van der Waals surface area (Å²) in [6.45, 7) is 0. The Bertz CT molecular complexity index is 864. The predicted molar refractivity (Wildman–Crippen MR) is 93.1 cm³/mol. The molecule has 0 spiro atoms. The highest BCUT2D eigenvalue weighted by atomic mass is 79.9. The van der Waals surface area contributed by atoms with Crippen molar-refractivity contribution in [3.63, 3.8) is 0 Å². The summed E-state index contributed by atoms with van der Waals surface area (Å²) in [4.78, 5) is 16.9. The van der Waals surface area contributed by atoms with E-state index in [1.54, 1.807) is 18.5 Å². The van der Waals surface area contributed by atoms with Gasteiger partial charge in [-0.2, -0.15) is 0 Å². The third-order valence-corrected chi connectivity index (χ3v) is 4.19. The van der Waals surface area contributed by atoms with Gasteiger partial charge in [0.05, 0.1) is 5.56 Å². The molecule has 0 aliphatic carbocycles. The van der Waals surface area contributed by atoms with E-state index in [4.69, 9.17) is 0 Å². The zero-order valence-corrected chi connectivity index (χ0v) is 14.5. The van der Waals surface area contributed by atoms with Gasteiger partial charge in [-0.15, -0.1) is 0 Å². The molecule has 1 aromatic heterocycles. The number of benzene rings is 2. The molecule has 1 atom stereocenters. The second-order valence-corrected chi connectivity index (χ2v) is 6.25. The topological polar surface area (TPSA) is 46.9 Å². The summed E-state index contributed by atoms with van der Waals surface area (Å²) in [5.41, 5.74) is 0.867. The van der Waals surface area contributed by atoms with Gasteiger partial charge in [0.25, 0.3) is 5.91 Å². The van der Waals surface area contributed by atoms with E-state index in [9.17, 15) is 9.18 Å². The molecule has 0 radical (unpaired) electrons. The van der Waals surface area contributed by atoms with Gasteiger partial charge in [-0.1, -0.05) is 46.3 Å². The number of halogens is 2. The quantitative estimate of drug-likeness (QED) is 0.738. The zero-order valence-electron chi connectivity index (χ0n) is 12.9. The Morgan fingerprint density at radius 1 is 1.25 bits per heavy atom. The fraction of sp³-hybridized carbons (Fsp3) is 0.111. The summed E-state index contributed by atoms with van der Waals surface area (Å²) in [5, 5.41) is 2.88. The van der Waals surface area contributed by atoms with E-state index in [0.29, 0.717) is 10.3 Å². The lowest BCUT2D eigenvalue weighted by Gasteiger charge is -2.19. The van der Waals surface area contributed by atoms with Crippen molar-refractivity contribution in [2.45, 2.75) is 6.04 Å². The minimum absolute atomic E-state index is 0.00617. The second-order valence-electron chi connectivity index (χ2n) is 5.34. The number of aryl methyl sites for hydroxylation is 1. The Morgan fingerprint density at radius 3 is 2.62 bits per heavy atom. The Labute approximate surface area is 147 Å². The lowest BCUT2D eigenvalue weighted by atomic mass is 10.1. The molecule has 6 heteroatoms. The van der Waals surface area contributed by atoms with Gasteiger partial charge in [-0.25, -0.2) is 9.37 Å². The first kappa shape index (κ1) is 16.4. The maximum absolute atomic E-state index is 14.1. The largest absolute Gasteiger partial charge is 0.338 e. The van der Waals surface area contributed by atoms with Crippen molar-refractivity contribution in [2.24, 2.45) is 7.05 Å². The average Bonchev–Trinajstić information content (AvgIpc) is 2.99. The first-order valence-electron chi connectivity index (χ1n) is 7.34. The van der Waals surface area contributed by atoms with Crippen LogP contribution in [0.3, 0.4) is 0 Å². The van der Waals surface area contributed by atoms with Crippen LogP contribution in [-0.4, -0.2) is 15.5 Å². The Balaban J connectivity index is 1.95. The molecule has 1 N–H and O–H groups in total. The smallest absolute Gasteiger partial charge is 0.255 e. The minimum atomic E-state index is -0.575. The normalized spacial score (nSPS) is 12.0. The van der Waals surface area contributed by atoms with Crippen LogP contribution in [0.25, 0.3) is 0 Å².